The molecule has 0 saturated carbocycles. The number of benzene rings is 1. The van der Waals surface area contributed by atoms with Crippen molar-refractivity contribution in [2.75, 3.05) is 6.54 Å². The van der Waals surface area contributed by atoms with Crippen LogP contribution < -0.4 is 10.6 Å². The molecule has 2 rings (SSSR count). The van der Waals surface area contributed by atoms with Crippen LogP contribution in [-0.4, -0.2) is 35.3 Å². The average Bonchev–Trinajstić information content (AvgIpc) is 2.87. The van der Waals surface area contributed by atoms with Crippen molar-refractivity contribution in [1.82, 2.24) is 15.5 Å². The molecule has 1 aromatic rings. The first-order chi connectivity index (χ1) is 12.8. The summed E-state index contributed by atoms with van der Waals surface area (Å²) in [5.41, 5.74) is -0.766. The Labute approximate surface area is 159 Å². The summed E-state index contributed by atoms with van der Waals surface area (Å²) in [5.74, 6) is -1.28. The number of nitrogens with zero attached hydrogens (tertiary/aromatic N) is 1. The van der Waals surface area contributed by atoms with E-state index in [1.165, 1.54) is 24.3 Å². The fourth-order valence-electron chi connectivity index (χ4n) is 3.38. The molecule has 1 aliphatic heterocycles. The van der Waals surface area contributed by atoms with Crippen LogP contribution in [0.25, 0.3) is 0 Å². The molecule has 0 aliphatic carbocycles. The minimum absolute atomic E-state index is 0.0159. The summed E-state index contributed by atoms with van der Waals surface area (Å²) in [7, 11) is 0. The topological polar surface area (TPSA) is 78.5 Å². The number of nitrogens with one attached hydrogen (secondary N) is 2. The molecule has 0 bridgehead atoms. The van der Waals surface area contributed by atoms with Crippen molar-refractivity contribution in [2.45, 2.75) is 64.5 Å². The predicted octanol–water partition coefficient (Wildman–Crippen LogP) is 3.07. The zero-order valence-corrected chi connectivity index (χ0v) is 16.2. The Morgan fingerprint density at radius 3 is 2.48 bits per heavy atom. The van der Waals surface area contributed by atoms with E-state index in [0.29, 0.717) is 12.0 Å². The van der Waals surface area contributed by atoms with Crippen LogP contribution in [0.5, 0.6) is 0 Å². The molecular weight excluding hydrogens is 349 g/mol. The molecule has 7 heteroatoms. The van der Waals surface area contributed by atoms with Crippen LogP contribution in [0.2, 0.25) is 0 Å². The highest BCUT2D eigenvalue weighted by molar-refractivity contribution is 6.09. The lowest BCUT2D eigenvalue weighted by molar-refractivity contribution is -0.135. The molecule has 0 radical (unpaired) electrons. The van der Waals surface area contributed by atoms with Gasteiger partial charge in [0, 0.05) is 6.04 Å². The minimum atomic E-state index is -1.27. The van der Waals surface area contributed by atoms with E-state index in [4.69, 9.17) is 0 Å². The molecular formula is C20H28FN3O3. The molecule has 1 saturated heterocycles. The van der Waals surface area contributed by atoms with Crippen LogP contribution in [-0.2, 0) is 15.1 Å². The first-order valence-corrected chi connectivity index (χ1v) is 9.53. The lowest BCUT2D eigenvalue weighted by Gasteiger charge is -2.25. The first-order valence-electron chi connectivity index (χ1n) is 9.53. The van der Waals surface area contributed by atoms with Crippen LogP contribution >= 0.6 is 0 Å². The van der Waals surface area contributed by atoms with Gasteiger partial charge >= 0.3 is 6.03 Å². The third-order valence-corrected chi connectivity index (χ3v) is 4.99. The van der Waals surface area contributed by atoms with Gasteiger partial charge in [-0.05, 0) is 37.5 Å². The molecule has 0 aromatic heterocycles. The maximum absolute atomic E-state index is 13.2. The Kier molecular flexibility index (Phi) is 6.93. The molecule has 148 valence electrons. The number of halogens is 1. The molecule has 2 N–H and O–H groups in total. The fraction of sp³-hybridized carbons (Fsp3) is 0.550. The van der Waals surface area contributed by atoms with Gasteiger partial charge in [-0.15, -0.1) is 0 Å². The summed E-state index contributed by atoms with van der Waals surface area (Å²) in [4.78, 5) is 38.5. The maximum Gasteiger partial charge on any atom is 0.325 e. The Balaban J connectivity index is 2.06. The number of carbonyl (C=O) groups excluding carboxylic acids is 3. The van der Waals surface area contributed by atoms with E-state index >= 15 is 0 Å². The number of urea groups is 1. The van der Waals surface area contributed by atoms with Gasteiger partial charge in [0.15, 0.2) is 0 Å². The maximum atomic E-state index is 13.2. The van der Waals surface area contributed by atoms with E-state index in [-0.39, 0.29) is 18.5 Å². The zero-order chi connectivity index (χ0) is 20.0. The van der Waals surface area contributed by atoms with E-state index in [2.05, 4.69) is 17.6 Å². The van der Waals surface area contributed by atoms with Crippen LogP contribution in [0.3, 0.4) is 0 Å². The van der Waals surface area contributed by atoms with Crippen LogP contribution in [0.1, 0.15) is 58.4 Å². The Morgan fingerprint density at radius 1 is 1.22 bits per heavy atom. The second kappa shape index (κ2) is 8.97. The normalized spacial score (nSPS) is 20.5. The molecule has 1 heterocycles. The lowest BCUT2D eigenvalue weighted by Crippen LogP contribution is -2.45. The molecule has 1 fully saturated rings. The van der Waals surface area contributed by atoms with E-state index in [1.807, 2.05) is 6.92 Å². The van der Waals surface area contributed by atoms with Gasteiger partial charge in [-0.1, -0.05) is 45.2 Å². The summed E-state index contributed by atoms with van der Waals surface area (Å²) in [6.45, 7) is 5.46. The van der Waals surface area contributed by atoms with E-state index in [0.717, 1.165) is 30.6 Å². The van der Waals surface area contributed by atoms with Gasteiger partial charge in [0.2, 0.25) is 5.91 Å². The smallest absolute Gasteiger partial charge is 0.325 e. The van der Waals surface area contributed by atoms with Gasteiger partial charge < -0.3 is 10.6 Å². The Bertz CT molecular complexity index is 692. The van der Waals surface area contributed by atoms with Gasteiger partial charge in [0.05, 0.1) is 0 Å². The van der Waals surface area contributed by atoms with Crippen molar-refractivity contribution in [3.05, 3.63) is 35.6 Å². The highest BCUT2D eigenvalue weighted by atomic mass is 19.1. The van der Waals surface area contributed by atoms with Crippen LogP contribution in [0, 0.1) is 5.82 Å². The second-order valence-corrected chi connectivity index (χ2v) is 7.05. The third kappa shape index (κ3) is 4.64. The number of amides is 4. The van der Waals surface area contributed by atoms with Gasteiger partial charge in [-0.2, -0.15) is 0 Å². The van der Waals surface area contributed by atoms with Crippen molar-refractivity contribution in [3.8, 4) is 0 Å². The Morgan fingerprint density at radius 2 is 1.89 bits per heavy atom. The summed E-state index contributed by atoms with van der Waals surface area (Å²) in [6.07, 6.45) is 4.38. The molecule has 1 aliphatic rings. The SMILES string of the molecule is CCCCCC(C)NC(=O)CN1C(=O)NC(CC)(c2ccc(F)cc2)C1=O. The van der Waals surface area contributed by atoms with Crippen LogP contribution in [0.4, 0.5) is 9.18 Å². The van der Waals surface area contributed by atoms with Crippen LogP contribution in [0.15, 0.2) is 24.3 Å². The predicted molar refractivity (Wildman–Crippen MR) is 100 cm³/mol. The highest BCUT2D eigenvalue weighted by Gasteiger charge is 2.51. The number of unbranched alkanes of at least 4 members (excludes halogenated alkanes) is 2. The zero-order valence-electron chi connectivity index (χ0n) is 16.2. The van der Waals surface area contributed by atoms with Gasteiger partial charge in [0.1, 0.15) is 17.9 Å². The van der Waals surface area contributed by atoms with Crippen molar-refractivity contribution < 1.29 is 18.8 Å². The summed E-state index contributed by atoms with van der Waals surface area (Å²) in [5, 5.41) is 5.53. The monoisotopic (exact) mass is 377 g/mol. The van der Waals surface area contributed by atoms with E-state index in [9.17, 15) is 18.8 Å². The average molecular weight is 377 g/mol. The van der Waals surface area contributed by atoms with Crippen molar-refractivity contribution in [3.63, 3.8) is 0 Å². The third-order valence-electron chi connectivity index (χ3n) is 4.99. The largest absolute Gasteiger partial charge is 0.352 e. The number of hydrogen-bond donors (Lipinski definition) is 2. The second-order valence-electron chi connectivity index (χ2n) is 7.05. The number of rotatable bonds is 9. The molecule has 6 nitrogen and oxygen atoms in total. The molecule has 0 spiro atoms. The summed E-state index contributed by atoms with van der Waals surface area (Å²) in [6, 6.07) is 4.84. The Hall–Kier alpha value is -2.44. The van der Waals surface area contributed by atoms with Crippen molar-refractivity contribution in [2.24, 2.45) is 0 Å². The molecule has 2 unspecified atom stereocenters. The molecule has 2 atom stereocenters. The summed E-state index contributed by atoms with van der Waals surface area (Å²) >= 11 is 0. The van der Waals surface area contributed by atoms with E-state index in [1.54, 1.807) is 6.92 Å². The van der Waals surface area contributed by atoms with Gasteiger partial charge in [-0.25, -0.2) is 9.18 Å². The fourth-order valence-corrected chi connectivity index (χ4v) is 3.38. The highest BCUT2D eigenvalue weighted by Crippen LogP contribution is 2.32. The van der Waals surface area contributed by atoms with Gasteiger partial charge in [-0.3, -0.25) is 14.5 Å². The van der Waals surface area contributed by atoms with Crippen molar-refractivity contribution >= 4 is 17.8 Å². The molecule has 27 heavy (non-hydrogen) atoms. The van der Waals surface area contributed by atoms with Gasteiger partial charge in [0.25, 0.3) is 5.91 Å². The lowest BCUT2D eigenvalue weighted by atomic mass is 9.87. The number of carbonyl (C=O) groups is 3. The number of hydrogen-bond acceptors (Lipinski definition) is 3. The molecule has 4 amide bonds. The molecule has 1 aromatic carbocycles. The number of imide groups is 1. The summed E-state index contributed by atoms with van der Waals surface area (Å²) < 4.78 is 13.2. The first kappa shape index (κ1) is 20.9. The van der Waals surface area contributed by atoms with E-state index < -0.39 is 23.3 Å². The quantitative estimate of drug-likeness (QED) is 0.513. The minimum Gasteiger partial charge on any atom is -0.352 e. The standard InChI is InChI=1S/C20H28FN3O3/c1-4-6-7-8-14(3)22-17(25)13-24-18(26)20(5-2,23-19(24)27)15-9-11-16(21)12-10-15/h9-12,14H,4-8,13H2,1-3H3,(H,22,25)(H,23,27). The van der Waals surface area contributed by atoms with Crippen molar-refractivity contribution in [1.29, 1.82) is 0 Å².